The molecule has 5 amide bonds. The predicted octanol–water partition coefficient (Wildman–Crippen LogP) is -5.38. The van der Waals surface area contributed by atoms with Crippen LogP contribution in [0.3, 0.4) is 0 Å². The molecule has 1 heterocycles. The zero-order valence-corrected chi connectivity index (χ0v) is 31.8. The van der Waals surface area contributed by atoms with Crippen molar-refractivity contribution in [2.45, 2.75) is 108 Å². The van der Waals surface area contributed by atoms with Crippen LogP contribution >= 0.6 is 0 Å². The van der Waals surface area contributed by atoms with Crippen LogP contribution in [0.5, 0.6) is 0 Å². The number of carboxylic acid groups (broad SMARTS) is 2. The number of rotatable bonds is 25. The Kier molecular flexibility index (Phi) is 21.0. The molecule has 0 bridgehead atoms. The summed E-state index contributed by atoms with van der Waals surface area (Å²) in [4.78, 5) is 103. The van der Waals surface area contributed by atoms with E-state index in [2.05, 4.69) is 36.2 Å². The van der Waals surface area contributed by atoms with E-state index < -0.39 is 90.1 Å². The van der Waals surface area contributed by atoms with Gasteiger partial charge in [0, 0.05) is 26.2 Å². The number of nitrogens with two attached hydrogens (primary N) is 7. The summed E-state index contributed by atoms with van der Waals surface area (Å²) >= 11 is 0. The standard InChI is InChI=1S/C32H59N15O9/c1-16(2)23(27(53)44-18(8-4-12-41-31(36)37)24(50)45-20(29(55)56)15-22(48)49)46-25(51)19(9-5-13-42-32(38)39)43-26(52)21-10-6-14-47(21)28(54)17(33)7-3-11-40-30(34)35/h16-21,23H,3-15,33H2,1-2H3,(H,43,52)(H,44,53)(H,45,50)(H,46,51)(H,48,49)(H,55,56)(H4,34,35,40)(H4,36,37,41)(H4,38,39,42)/t17-,18-,19-,20-,21-,23-/m0/s1. The lowest BCUT2D eigenvalue weighted by Crippen LogP contribution is -2.60. The summed E-state index contributed by atoms with van der Waals surface area (Å²) in [6.45, 7) is 3.90. The van der Waals surface area contributed by atoms with Gasteiger partial charge in [0.1, 0.15) is 30.2 Å². The van der Waals surface area contributed by atoms with Gasteiger partial charge >= 0.3 is 11.9 Å². The molecule has 0 aromatic rings. The van der Waals surface area contributed by atoms with Crippen LogP contribution in [0.15, 0.2) is 15.0 Å². The molecule has 0 unspecified atom stereocenters. The lowest BCUT2D eigenvalue weighted by atomic mass is 10.0. The monoisotopic (exact) mass is 797 g/mol. The summed E-state index contributed by atoms with van der Waals surface area (Å²) in [7, 11) is 0. The first-order chi connectivity index (χ1) is 26.2. The predicted molar refractivity (Wildman–Crippen MR) is 205 cm³/mol. The Morgan fingerprint density at radius 3 is 1.61 bits per heavy atom. The summed E-state index contributed by atoms with van der Waals surface area (Å²) in [6, 6.07) is -7.59. The van der Waals surface area contributed by atoms with Crippen molar-refractivity contribution >= 4 is 59.4 Å². The number of hydrogen-bond donors (Lipinski definition) is 13. The molecule has 1 aliphatic heterocycles. The Labute approximate surface area is 324 Å². The molecule has 0 spiro atoms. The van der Waals surface area contributed by atoms with E-state index in [0.29, 0.717) is 19.3 Å². The fourth-order valence-corrected chi connectivity index (χ4v) is 5.67. The summed E-state index contributed by atoms with van der Waals surface area (Å²) in [5, 5.41) is 28.5. The van der Waals surface area contributed by atoms with Crippen LogP contribution in [0.1, 0.15) is 71.6 Å². The van der Waals surface area contributed by atoms with Crippen LogP contribution in [0.4, 0.5) is 0 Å². The van der Waals surface area contributed by atoms with Crippen molar-refractivity contribution in [1.82, 2.24) is 26.2 Å². The van der Waals surface area contributed by atoms with Crippen molar-refractivity contribution in [3.63, 3.8) is 0 Å². The Balaban J connectivity index is 3.24. The molecule has 20 N–H and O–H groups in total. The summed E-state index contributed by atoms with van der Waals surface area (Å²) in [6.07, 6.45) is 0.836. The van der Waals surface area contributed by atoms with Gasteiger partial charge in [-0.25, -0.2) is 4.79 Å². The third-order valence-electron chi connectivity index (χ3n) is 8.52. The number of carbonyl (C=O) groups is 7. The van der Waals surface area contributed by atoms with E-state index in [1.165, 1.54) is 4.90 Å². The minimum absolute atomic E-state index is 0.0156. The van der Waals surface area contributed by atoms with Gasteiger partial charge in [0.05, 0.1) is 12.5 Å². The minimum Gasteiger partial charge on any atom is -0.481 e. The average Bonchev–Trinajstić information content (AvgIpc) is 3.60. The van der Waals surface area contributed by atoms with Crippen LogP contribution in [-0.4, -0.2) is 137 Å². The second-order valence-corrected chi connectivity index (χ2v) is 13.5. The van der Waals surface area contributed by atoms with Gasteiger partial charge in [0.2, 0.25) is 29.5 Å². The van der Waals surface area contributed by atoms with Crippen molar-refractivity contribution in [1.29, 1.82) is 0 Å². The first-order valence-corrected chi connectivity index (χ1v) is 18.1. The molecule has 56 heavy (non-hydrogen) atoms. The van der Waals surface area contributed by atoms with Gasteiger partial charge in [0.15, 0.2) is 17.9 Å². The number of nitrogens with zero attached hydrogens (tertiary/aromatic N) is 4. The molecule has 1 rings (SSSR count). The van der Waals surface area contributed by atoms with E-state index >= 15 is 0 Å². The molecule has 24 heteroatoms. The lowest BCUT2D eigenvalue weighted by Gasteiger charge is -2.30. The number of aliphatic carboxylic acids is 2. The molecular formula is C32H59N15O9. The van der Waals surface area contributed by atoms with Crippen molar-refractivity contribution < 1.29 is 43.8 Å². The van der Waals surface area contributed by atoms with Gasteiger partial charge in [-0.15, -0.1) is 0 Å². The smallest absolute Gasteiger partial charge is 0.326 e. The molecule has 0 aliphatic carbocycles. The molecule has 1 aliphatic rings. The van der Waals surface area contributed by atoms with Gasteiger partial charge in [-0.2, -0.15) is 0 Å². The number of hydrogen-bond acceptors (Lipinski definition) is 11. The van der Waals surface area contributed by atoms with E-state index in [1.807, 2.05) is 0 Å². The minimum atomic E-state index is -1.81. The third-order valence-corrected chi connectivity index (χ3v) is 8.52. The fraction of sp³-hybridized carbons (Fsp3) is 0.688. The van der Waals surface area contributed by atoms with Gasteiger partial charge in [0.25, 0.3) is 0 Å². The third kappa shape index (κ3) is 17.9. The molecule has 0 aromatic heterocycles. The van der Waals surface area contributed by atoms with Crippen molar-refractivity contribution in [3.8, 4) is 0 Å². The van der Waals surface area contributed by atoms with Gasteiger partial charge in [-0.3, -0.25) is 43.7 Å². The average molecular weight is 798 g/mol. The maximum atomic E-state index is 13.8. The first kappa shape index (κ1) is 48.1. The highest BCUT2D eigenvalue weighted by Crippen LogP contribution is 2.20. The molecule has 1 fully saturated rings. The molecule has 316 valence electrons. The zero-order chi connectivity index (χ0) is 42.5. The summed E-state index contributed by atoms with van der Waals surface area (Å²) < 4.78 is 0. The molecule has 0 saturated carbocycles. The zero-order valence-electron chi connectivity index (χ0n) is 31.8. The number of carboxylic acids is 2. The van der Waals surface area contributed by atoms with Crippen molar-refractivity contribution in [2.24, 2.45) is 61.0 Å². The Morgan fingerprint density at radius 1 is 0.679 bits per heavy atom. The van der Waals surface area contributed by atoms with E-state index in [0.717, 1.165) is 0 Å². The number of carbonyl (C=O) groups excluding carboxylic acids is 5. The molecular weight excluding hydrogens is 738 g/mol. The molecule has 24 nitrogen and oxygen atoms in total. The number of nitrogens with one attached hydrogen (secondary N) is 4. The van der Waals surface area contributed by atoms with E-state index in [1.54, 1.807) is 13.8 Å². The topological polar surface area (TPSA) is 431 Å². The second-order valence-electron chi connectivity index (χ2n) is 13.5. The van der Waals surface area contributed by atoms with E-state index in [9.17, 15) is 38.7 Å². The highest BCUT2D eigenvalue weighted by atomic mass is 16.4. The van der Waals surface area contributed by atoms with Crippen LogP contribution in [0.2, 0.25) is 0 Å². The number of likely N-dealkylation sites (tertiary alicyclic amines) is 1. The summed E-state index contributed by atoms with van der Waals surface area (Å²) in [5.74, 6) is -7.87. The largest absolute Gasteiger partial charge is 0.481 e. The lowest BCUT2D eigenvalue weighted by molar-refractivity contribution is -0.147. The Bertz CT molecular complexity index is 1460. The molecule has 1 saturated heterocycles. The SMILES string of the molecule is CC(C)[C@H](NC(=O)[C@H](CCCN=C(N)N)NC(=O)[C@@H]1CCCN1C(=O)[C@@H](N)CCCN=C(N)N)C(=O)N[C@@H](CCCN=C(N)N)C(=O)N[C@@H](CC(=O)O)C(=O)O. The van der Waals surface area contributed by atoms with E-state index in [-0.39, 0.29) is 76.2 Å². The number of amides is 5. The quantitative estimate of drug-likeness (QED) is 0.0233. The maximum Gasteiger partial charge on any atom is 0.326 e. The number of guanidine groups is 3. The maximum absolute atomic E-state index is 13.8. The second kappa shape index (κ2) is 24.5. The van der Waals surface area contributed by atoms with Crippen LogP contribution < -0.4 is 61.4 Å². The van der Waals surface area contributed by atoms with Crippen LogP contribution in [0.25, 0.3) is 0 Å². The summed E-state index contributed by atoms with van der Waals surface area (Å²) in [5.41, 5.74) is 38.4. The van der Waals surface area contributed by atoms with Crippen LogP contribution in [0, 0.1) is 5.92 Å². The highest BCUT2D eigenvalue weighted by Gasteiger charge is 2.38. The number of aliphatic imine (C=N–C) groups is 3. The van der Waals surface area contributed by atoms with Crippen molar-refractivity contribution in [2.75, 3.05) is 26.2 Å². The molecule has 0 aromatic carbocycles. The van der Waals surface area contributed by atoms with Crippen molar-refractivity contribution in [3.05, 3.63) is 0 Å². The Hall–Kier alpha value is -5.94. The van der Waals surface area contributed by atoms with Gasteiger partial charge in [-0.05, 0) is 57.3 Å². The fourth-order valence-electron chi connectivity index (χ4n) is 5.67. The highest BCUT2D eigenvalue weighted by molar-refractivity contribution is 5.97. The van der Waals surface area contributed by atoms with Gasteiger partial charge in [-0.1, -0.05) is 13.8 Å². The Morgan fingerprint density at radius 2 is 1.14 bits per heavy atom. The molecule has 0 radical (unpaired) electrons. The van der Waals surface area contributed by atoms with Crippen LogP contribution in [-0.2, 0) is 33.6 Å². The molecule has 6 atom stereocenters. The van der Waals surface area contributed by atoms with Gasteiger partial charge < -0.3 is 76.5 Å². The van der Waals surface area contributed by atoms with E-state index in [4.69, 9.17) is 45.2 Å². The first-order valence-electron chi connectivity index (χ1n) is 18.1. The normalized spacial score (nSPS) is 16.2.